The second-order valence-corrected chi connectivity index (χ2v) is 4.65. The fourth-order valence-corrected chi connectivity index (χ4v) is 2.19. The Morgan fingerprint density at radius 1 is 1.53 bits per heavy atom. The number of methoxy groups -OCH3 is 1. The summed E-state index contributed by atoms with van der Waals surface area (Å²) >= 11 is 0. The fraction of sp³-hybridized carbons (Fsp3) is 0.462. The fourth-order valence-electron chi connectivity index (χ4n) is 2.19. The molecule has 0 amide bonds. The van der Waals surface area contributed by atoms with Gasteiger partial charge in [0, 0.05) is 5.56 Å². The normalized spacial score (nSPS) is 18.5. The lowest BCUT2D eigenvalue weighted by atomic mass is 9.85. The number of carbonyl (C=O) groups is 1. The standard InChI is InChI=1S/C13H17NO3/c1-8-3-6-10(11(7-8)17-2)13(14,12(15)16)9-4-5-9/h3,6-7,9H,4-5,14H2,1-2H3,(H,15,16). The zero-order valence-corrected chi connectivity index (χ0v) is 10.1. The molecule has 0 radical (unpaired) electrons. The third-order valence-corrected chi connectivity index (χ3v) is 3.38. The minimum absolute atomic E-state index is 0.0107. The van der Waals surface area contributed by atoms with Gasteiger partial charge in [-0.2, -0.15) is 0 Å². The molecule has 1 unspecified atom stereocenters. The summed E-state index contributed by atoms with van der Waals surface area (Å²) < 4.78 is 5.26. The van der Waals surface area contributed by atoms with Crippen LogP contribution in [0.5, 0.6) is 5.75 Å². The van der Waals surface area contributed by atoms with E-state index in [0.717, 1.165) is 18.4 Å². The molecule has 0 heterocycles. The number of carboxylic acid groups (broad SMARTS) is 1. The van der Waals surface area contributed by atoms with Crippen molar-refractivity contribution in [3.63, 3.8) is 0 Å². The van der Waals surface area contributed by atoms with Gasteiger partial charge in [-0.25, -0.2) is 4.79 Å². The van der Waals surface area contributed by atoms with Crippen LogP contribution in [0.2, 0.25) is 0 Å². The van der Waals surface area contributed by atoms with E-state index in [-0.39, 0.29) is 5.92 Å². The van der Waals surface area contributed by atoms with Crippen molar-refractivity contribution in [2.75, 3.05) is 7.11 Å². The summed E-state index contributed by atoms with van der Waals surface area (Å²) in [6.07, 6.45) is 1.72. The summed E-state index contributed by atoms with van der Waals surface area (Å²) in [4.78, 5) is 11.5. The molecule has 2 rings (SSSR count). The SMILES string of the molecule is COc1cc(C)ccc1C(N)(C(=O)O)C1CC1. The van der Waals surface area contributed by atoms with Gasteiger partial charge in [0.15, 0.2) is 0 Å². The minimum atomic E-state index is -1.32. The summed E-state index contributed by atoms with van der Waals surface area (Å²) in [5, 5.41) is 9.41. The second kappa shape index (κ2) is 4.04. The van der Waals surface area contributed by atoms with Gasteiger partial charge in [-0.05, 0) is 37.3 Å². The van der Waals surface area contributed by atoms with Gasteiger partial charge in [0.25, 0.3) is 0 Å². The van der Waals surface area contributed by atoms with Gasteiger partial charge in [0.1, 0.15) is 11.3 Å². The lowest BCUT2D eigenvalue weighted by Crippen LogP contribution is -2.47. The van der Waals surface area contributed by atoms with Crippen LogP contribution in [0.3, 0.4) is 0 Å². The largest absolute Gasteiger partial charge is 0.496 e. The maximum Gasteiger partial charge on any atom is 0.328 e. The Bertz CT molecular complexity index is 454. The summed E-state index contributed by atoms with van der Waals surface area (Å²) in [5.74, 6) is -0.416. The Morgan fingerprint density at radius 2 is 2.18 bits per heavy atom. The van der Waals surface area contributed by atoms with Crippen molar-refractivity contribution in [3.8, 4) is 5.75 Å². The number of aryl methyl sites for hydroxylation is 1. The van der Waals surface area contributed by atoms with Crippen LogP contribution in [0.1, 0.15) is 24.0 Å². The van der Waals surface area contributed by atoms with Crippen LogP contribution < -0.4 is 10.5 Å². The first-order chi connectivity index (χ1) is 8.00. The van der Waals surface area contributed by atoms with E-state index in [4.69, 9.17) is 10.5 Å². The Labute approximate surface area is 100 Å². The van der Waals surface area contributed by atoms with Crippen LogP contribution in [0.4, 0.5) is 0 Å². The van der Waals surface area contributed by atoms with E-state index in [9.17, 15) is 9.90 Å². The Morgan fingerprint density at radius 3 is 2.65 bits per heavy atom. The van der Waals surface area contributed by atoms with E-state index in [1.165, 1.54) is 7.11 Å². The van der Waals surface area contributed by atoms with Crippen molar-refractivity contribution in [3.05, 3.63) is 29.3 Å². The van der Waals surface area contributed by atoms with Crippen LogP contribution in [-0.2, 0) is 10.3 Å². The number of hydrogen-bond acceptors (Lipinski definition) is 3. The summed E-state index contributed by atoms with van der Waals surface area (Å²) in [6, 6.07) is 5.45. The highest BCUT2D eigenvalue weighted by molar-refractivity contribution is 5.82. The third kappa shape index (κ3) is 1.89. The Hall–Kier alpha value is -1.55. The summed E-state index contributed by atoms with van der Waals surface area (Å²) in [6.45, 7) is 1.93. The number of rotatable bonds is 4. The van der Waals surface area contributed by atoms with Gasteiger partial charge in [-0.1, -0.05) is 12.1 Å². The van der Waals surface area contributed by atoms with Gasteiger partial charge in [0.2, 0.25) is 0 Å². The Balaban J connectivity index is 2.53. The molecular formula is C13H17NO3. The molecule has 0 bridgehead atoms. The molecule has 1 aromatic carbocycles. The molecule has 0 spiro atoms. The minimum Gasteiger partial charge on any atom is -0.496 e. The molecule has 1 saturated carbocycles. The average molecular weight is 235 g/mol. The smallest absolute Gasteiger partial charge is 0.328 e. The molecule has 0 aromatic heterocycles. The first-order valence-corrected chi connectivity index (χ1v) is 5.67. The van der Waals surface area contributed by atoms with Gasteiger partial charge in [0.05, 0.1) is 7.11 Å². The van der Waals surface area contributed by atoms with Crippen molar-refractivity contribution in [2.24, 2.45) is 11.7 Å². The molecule has 17 heavy (non-hydrogen) atoms. The van der Waals surface area contributed by atoms with Crippen LogP contribution in [0.15, 0.2) is 18.2 Å². The van der Waals surface area contributed by atoms with Gasteiger partial charge >= 0.3 is 5.97 Å². The molecule has 0 aliphatic heterocycles. The molecule has 1 aliphatic carbocycles. The lowest BCUT2D eigenvalue weighted by molar-refractivity contribution is -0.144. The van der Waals surface area contributed by atoms with Crippen LogP contribution in [0, 0.1) is 12.8 Å². The van der Waals surface area contributed by atoms with Crippen molar-refractivity contribution in [1.29, 1.82) is 0 Å². The third-order valence-electron chi connectivity index (χ3n) is 3.38. The predicted molar refractivity (Wildman–Crippen MR) is 64.0 cm³/mol. The zero-order chi connectivity index (χ0) is 12.6. The molecule has 1 atom stereocenters. The van der Waals surface area contributed by atoms with Gasteiger partial charge in [-0.3, -0.25) is 0 Å². The van der Waals surface area contributed by atoms with E-state index in [2.05, 4.69) is 0 Å². The van der Waals surface area contributed by atoms with Crippen molar-refractivity contribution < 1.29 is 14.6 Å². The van der Waals surface area contributed by atoms with Gasteiger partial charge < -0.3 is 15.6 Å². The van der Waals surface area contributed by atoms with Crippen LogP contribution in [-0.4, -0.2) is 18.2 Å². The molecule has 3 N–H and O–H groups in total. The summed E-state index contributed by atoms with van der Waals surface area (Å²) in [5.41, 5.74) is 6.39. The predicted octanol–water partition coefficient (Wildman–Crippen LogP) is 1.65. The van der Waals surface area contributed by atoms with E-state index >= 15 is 0 Å². The van der Waals surface area contributed by atoms with Crippen molar-refractivity contribution in [1.82, 2.24) is 0 Å². The maximum absolute atomic E-state index is 11.5. The highest BCUT2D eigenvalue weighted by atomic mass is 16.5. The number of ether oxygens (including phenoxy) is 1. The quantitative estimate of drug-likeness (QED) is 0.832. The molecule has 0 saturated heterocycles. The molecule has 92 valence electrons. The average Bonchev–Trinajstić information content (AvgIpc) is 3.11. The number of nitrogens with two attached hydrogens (primary N) is 1. The highest BCUT2D eigenvalue weighted by Crippen LogP contribution is 2.46. The van der Waals surface area contributed by atoms with Crippen LogP contribution >= 0.6 is 0 Å². The highest BCUT2D eigenvalue weighted by Gasteiger charge is 2.51. The van der Waals surface area contributed by atoms with Crippen LogP contribution in [0.25, 0.3) is 0 Å². The topological polar surface area (TPSA) is 72.5 Å². The lowest BCUT2D eigenvalue weighted by Gasteiger charge is -2.27. The molecule has 1 fully saturated rings. The molecule has 1 aromatic rings. The first-order valence-electron chi connectivity index (χ1n) is 5.67. The summed E-state index contributed by atoms with van der Waals surface area (Å²) in [7, 11) is 1.54. The van der Waals surface area contributed by atoms with Crippen molar-refractivity contribution in [2.45, 2.75) is 25.3 Å². The van der Waals surface area contributed by atoms with E-state index < -0.39 is 11.5 Å². The maximum atomic E-state index is 11.5. The van der Waals surface area contributed by atoms with Gasteiger partial charge in [-0.15, -0.1) is 0 Å². The molecular weight excluding hydrogens is 218 g/mol. The second-order valence-electron chi connectivity index (χ2n) is 4.65. The molecule has 4 heteroatoms. The van der Waals surface area contributed by atoms with Crippen molar-refractivity contribution >= 4 is 5.97 Å². The van der Waals surface area contributed by atoms with E-state index in [0.29, 0.717) is 11.3 Å². The number of carboxylic acids is 1. The number of hydrogen-bond donors (Lipinski definition) is 2. The number of benzene rings is 1. The monoisotopic (exact) mass is 235 g/mol. The van der Waals surface area contributed by atoms with E-state index in [1.54, 1.807) is 6.07 Å². The molecule has 1 aliphatic rings. The first kappa shape index (κ1) is 11.9. The number of aliphatic carboxylic acids is 1. The zero-order valence-electron chi connectivity index (χ0n) is 10.1. The Kier molecular flexibility index (Phi) is 2.83. The van der Waals surface area contributed by atoms with E-state index in [1.807, 2.05) is 19.1 Å². The molecule has 4 nitrogen and oxygen atoms in total.